The van der Waals surface area contributed by atoms with E-state index in [1.165, 1.54) is 0 Å². The number of aliphatic hydroxyl groups excluding tert-OH is 2. The Bertz CT molecular complexity index is 354. The Morgan fingerprint density at radius 2 is 1.83 bits per heavy atom. The van der Waals surface area contributed by atoms with E-state index in [9.17, 15) is 15.3 Å². The van der Waals surface area contributed by atoms with Crippen LogP contribution in [-0.2, 0) is 0 Å². The predicted octanol–water partition coefficient (Wildman–Crippen LogP) is 1.55. The number of hydrogen-bond acceptors (Lipinski definition) is 3. The van der Waals surface area contributed by atoms with Gasteiger partial charge in [0.15, 0.2) is 0 Å². The zero-order valence-corrected chi connectivity index (χ0v) is 11.5. The van der Waals surface area contributed by atoms with Gasteiger partial charge in [-0.05, 0) is 54.3 Å². The highest BCUT2D eigenvalue weighted by Gasteiger charge is 2.68. The minimum absolute atomic E-state index is 0.0163. The molecule has 18 heavy (non-hydrogen) atoms. The van der Waals surface area contributed by atoms with E-state index in [1.54, 1.807) is 0 Å². The highest BCUT2D eigenvalue weighted by atomic mass is 16.3. The van der Waals surface area contributed by atoms with E-state index in [4.69, 9.17) is 0 Å². The maximum atomic E-state index is 10.8. The van der Waals surface area contributed by atoms with Crippen LogP contribution in [0.4, 0.5) is 0 Å². The van der Waals surface area contributed by atoms with Gasteiger partial charge < -0.3 is 15.3 Å². The average molecular weight is 254 g/mol. The minimum Gasteiger partial charge on any atom is -0.396 e. The summed E-state index contributed by atoms with van der Waals surface area (Å²) in [7, 11) is 0. The molecule has 4 bridgehead atoms. The quantitative estimate of drug-likeness (QED) is 0.701. The predicted molar refractivity (Wildman–Crippen MR) is 68.9 cm³/mol. The first kappa shape index (κ1) is 12.9. The first-order chi connectivity index (χ1) is 8.38. The molecule has 0 aromatic carbocycles. The van der Waals surface area contributed by atoms with Crippen LogP contribution in [0.5, 0.6) is 0 Å². The largest absolute Gasteiger partial charge is 0.396 e. The second kappa shape index (κ2) is 3.71. The summed E-state index contributed by atoms with van der Waals surface area (Å²) in [6, 6.07) is 0. The van der Waals surface area contributed by atoms with Crippen LogP contribution in [0.3, 0.4) is 0 Å². The zero-order chi connectivity index (χ0) is 13.2. The zero-order valence-electron chi connectivity index (χ0n) is 11.5. The average Bonchev–Trinajstić information content (AvgIpc) is 2.68. The van der Waals surface area contributed by atoms with Crippen molar-refractivity contribution in [2.24, 2.45) is 28.6 Å². The van der Waals surface area contributed by atoms with E-state index >= 15 is 0 Å². The van der Waals surface area contributed by atoms with E-state index < -0.39 is 5.60 Å². The molecule has 104 valence electrons. The number of aliphatic hydroxyl groups is 3. The van der Waals surface area contributed by atoms with E-state index in [0.717, 1.165) is 32.1 Å². The fourth-order valence-electron chi connectivity index (χ4n) is 5.95. The molecule has 0 amide bonds. The van der Waals surface area contributed by atoms with Gasteiger partial charge in [0.25, 0.3) is 0 Å². The third kappa shape index (κ3) is 1.41. The summed E-state index contributed by atoms with van der Waals surface area (Å²) in [5.74, 6) is 1.18. The third-order valence-corrected chi connectivity index (χ3v) is 6.39. The van der Waals surface area contributed by atoms with Crippen molar-refractivity contribution in [3.63, 3.8) is 0 Å². The van der Waals surface area contributed by atoms with Crippen molar-refractivity contribution in [2.75, 3.05) is 13.2 Å². The summed E-state index contributed by atoms with van der Waals surface area (Å²) in [5, 5.41) is 30.3. The van der Waals surface area contributed by atoms with Crippen LogP contribution in [0.15, 0.2) is 0 Å². The summed E-state index contributed by atoms with van der Waals surface area (Å²) in [6.45, 7) is 4.67. The Balaban J connectivity index is 2.05. The molecular formula is C15H26O3. The van der Waals surface area contributed by atoms with Gasteiger partial charge in [0, 0.05) is 6.61 Å². The maximum absolute atomic E-state index is 10.8. The van der Waals surface area contributed by atoms with Crippen LogP contribution in [0, 0.1) is 28.6 Å². The summed E-state index contributed by atoms with van der Waals surface area (Å²) >= 11 is 0. The summed E-state index contributed by atoms with van der Waals surface area (Å²) in [4.78, 5) is 0. The monoisotopic (exact) mass is 254 g/mol. The number of hydrogen-bond donors (Lipinski definition) is 3. The lowest BCUT2D eigenvalue weighted by molar-refractivity contribution is -0.107. The topological polar surface area (TPSA) is 60.7 Å². The standard InChI is InChI=1S/C15H26O3/c1-13(2)7-14(8-16)6-11-12(13)10(14)4-3-5-15(11,18)9-17/h10-12,16-18H,3-9H2,1-2H3. The number of rotatable bonds is 2. The Hall–Kier alpha value is -0.120. The van der Waals surface area contributed by atoms with Crippen molar-refractivity contribution in [1.29, 1.82) is 0 Å². The lowest BCUT2D eigenvalue weighted by Gasteiger charge is -2.45. The van der Waals surface area contributed by atoms with Crippen LogP contribution in [0.1, 0.15) is 46.0 Å². The van der Waals surface area contributed by atoms with Crippen LogP contribution in [-0.4, -0.2) is 34.1 Å². The lowest BCUT2D eigenvalue weighted by Crippen LogP contribution is -2.48. The van der Waals surface area contributed by atoms with Crippen LogP contribution in [0.2, 0.25) is 0 Å². The fourth-order valence-corrected chi connectivity index (χ4v) is 5.95. The van der Waals surface area contributed by atoms with Gasteiger partial charge in [0.2, 0.25) is 0 Å². The molecule has 3 aliphatic rings. The minimum atomic E-state index is -0.909. The van der Waals surface area contributed by atoms with E-state index in [0.29, 0.717) is 11.8 Å². The van der Waals surface area contributed by atoms with Gasteiger partial charge in [-0.3, -0.25) is 0 Å². The van der Waals surface area contributed by atoms with Crippen molar-refractivity contribution >= 4 is 0 Å². The first-order valence-electron chi connectivity index (χ1n) is 7.33. The fraction of sp³-hybridized carbons (Fsp3) is 1.00. The smallest absolute Gasteiger partial charge is 0.0908 e. The second-order valence-electron chi connectivity index (χ2n) is 7.78. The molecule has 3 heteroatoms. The molecule has 0 saturated heterocycles. The summed E-state index contributed by atoms with van der Waals surface area (Å²) in [5.41, 5.74) is -0.708. The molecule has 0 aromatic heterocycles. The van der Waals surface area contributed by atoms with Crippen molar-refractivity contribution in [3.05, 3.63) is 0 Å². The van der Waals surface area contributed by atoms with E-state index in [1.807, 2.05) is 0 Å². The summed E-state index contributed by atoms with van der Waals surface area (Å²) < 4.78 is 0. The third-order valence-electron chi connectivity index (χ3n) is 6.39. The molecule has 3 N–H and O–H groups in total. The van der Waals surface area contributed by atoms with Crippen molar-refractivity contribution in [3.8, 4) is 0 Å². The Morgan fingerprint density at radius 3 is 2.44 bits per heavy atom. The maximum Gasteiger partial charge on any atom is 0.0908 e. The van der Waals surface area contributed by atoms with Gasteiger partial charge in [0.1, 0.15) is 0 Å². The molecule has 0 aromatic rings. The lowest BCUT2D eigenvalue weighted by atomic mass is 9.62. The van der Waals surface area contributed by atoms with Gasteiger partial charge in [-0.15, -0.1) is 0 Å². The van der Waals surface area contributed by atoms with Crippen LogP contribution in [0.25, 0.3) is 0 Å². The molecule has 3 rings (SSSR count). The van der Waals surface area contributed by atoms with Crippen molar-refractivity contribution < 1.29 is 15.3 Å². The van der Waals surface area contributed by atoms with Gasteiger partial charge in [0.05, 0.1) is 12.2 Å². The molecule has 0 radical (unpaired) electrons. The second-order valence-corrected chi connectivity index (χ2v) is 7.78. The molecule has 0 aliphatic heterocycles. The molecule has 3 aliphatic carbocycles. The highest BCUT2D eigenvalue weighted by molar-refractivity contribution is 5.17. The SMILES string of the molecule is CC1(C)CC2(CO)CC3C1C2CCCC3(O)CO. The molecule has 0 heterocycles. The first-order valence-corrected chi connectivity index (χ1v) is 7.33. The van der Waals surface area contributed by atoms with Gasteiger partial charge >= 0.3 is 0 Å². The highest BCUT2D eigenvalue weighted by Crippen LogP contribution is 2.72. The van der Waals surface area contributed by atoms with Crippen LogP contribution < -0.4 is 0 Å². The molecule has 5 atom stereocenters. The summed E-state index contributed by atoms with van der Waals surface area (Å²) in [6.07, 6.45) is 4.78. The van der Waals surface area contributed by atoms with Crippen molar-refractivity contribution in [2.45, 2.75) is 51.6 Å². The van der Waals surface area contributed by atoms with E-state index in [2.05, 4.69) is 13.8 Å². The molecule has 5 unspecified atom stereocenters. The van der Waals surface area contributed by atoms with E-state index in [-0.39, 0.29) is 30.0 Å². The van der Waals surface area contributed by atoms with Gasteiger partial charge in [-0.1, -0.05) is 20.3 Å². The Morgan fingerprint density at radius 1 is 1.11 bits per heavy atom. The molecule has 3 nitrogen and oxygen atoms in total. The Labute approximate surface area is 109 Å². The van der Waals surface area contributed by atoms with Gasteiger partial charge in [-0.2, -0.15) is 0 Å². The molecule has 3 saturated carbocycles. The Kier molecular flexibility index (Phi) is 2.66. The normalized spacial score (nSPS) is 53.5. The van der Waals surface area contributed by atoms with Crippen LogP contribution >= 0.6 is 0 Å². The molecular weight excluding hydrogens is 228 g/mol. The molecule has 0 spiro atoms. The molecule has 3 fully saturated rings. The van der Waals surface area contributed by atoms with Crippen molar-refractivity contribution in [1.82, 2.24) is 0 Å². The van der Waals surface area contributed by atoms with Gasteiger partial charge in [-0.25, -0.2) is 0 Å².